The summed E-state index contributed by atoms with van der Waals surface area (Å²) in [5.41, 5.74) is 1.05. The molecule has 3 nitrogen and oxygen atoms in total. The van der Waals surface area contributed by atoms with E-state index < -0.39 is 5.97 Å². The van der Waals surface area contributed by atoms with Crippen molar-refractivity contribution in [3.8, 4) is 0 Å². The molecule has 17 heavy (non-hydrogen) atoms. The van der Waals surface area contributed by atoms with Crippen molar-refractivity contribution in [2.45, 2.75) is 19.3 Å². The van der Waals surface area contributed by atoms with Gasteiger partial charge in [-0.3, -0.25) is 4.79 Å². The summed E-state index contributed by atoms with van der Waals surface area (Å²) in [6, 6.07) is 7.78. The zero-order valence-electron chi connectivity index (χ0n) is 9.86. The quantitative estimate of drug-likeness (QED) is 0.787. The molecule has 1 unspecified atom stereocenters. The van der Waals surface area contributed by atoms with E-state index >= 15 is 0 Å². The van der Waals surface area contributed by atoms with Crippen LogP contribution in [0, 0.1) is 5.92 Å². The molecule has 0 aliphatic rings. The van der Waals surface area contributed by atoms with E-state index in [1.54, 1.807) is 7.11 Å². The Morgan fingerprint density at radius 1 is 1.53 bits per heavy atom. The number of methoxy groups -OCH3 is 1. The molecule has 0 saturated carbocycles. The van der Waals surface area contributed by atoms with Gasteiger partial charge >= 0.3 is 5.97 Å². The van der Waals surface area contributed by atoms with E-state index in [-0.39, 0.29) is 5.92 Å². The smallest absolute Gasteiger partial charge is 0.306 e. The van der Waals surface area contributed by atoms with Crippen molar-refractivity contribution in [2.24, 2.45) is 5.92 Å². The number of hydrogen-bond acceptors (Lipinski definition) is 2. The van der Waals surface area contributed by atoms with Crippen LogP contribution >= 0.6 is 15.9 Å². The summed E-state index contributed by atoms with van der Waals surface area (Å²) >= 11 is 3.39. The Kier molecular flexibility index (Phi) is 6.22. The van der Waals surface area contributed by atoms with Gasteiger partial charge in [-0.15, -0.1) is 0 Å². The maximum Gasteiger partial charge on any atom is 0.306 e. The largest absolute Gasteiger partial charge is 0.481 e. The van der Waals surface area contributed by atoms with Crippen molar-refractivity contribution < 1.29 is 14.6 Å². The highest BCUT2D eigenvalue weighted by molar-refractivity contribution is 9.10. The Morgan fingerprint density at radius 2 is 2.29 bits per heavy atom. The monoisotopic (exact) mass is 300 g/mol. The van der Waals surface area contributed by atoms with E-state index in [9.17, 15) is 4.79 Å². The molecule has 0 heterocycles. The molecule has 1 atom stereocenters. The fourth-order valence-electron chi connectivity index (χ4n) is 1.74. The minimum absolute atomic E-state index is 0.334. The SMILES string of the molecule is COCCCC(Cc1cccc(Br)c1)C(=O)O. The summed E-state index contributed by atoms with van der Waals surface area (Å²) in [6.07, 6.45) is 2.00. The number of aliphatic carboxylic acids is 1. The Bertz CT molecular complexity index is 365. The average Bonchev–Trinajstić information content (AvgIpc) is 2.28. The highest BCUT2D eigenvalue weighted by Crippen LogP contribution is 2.18. The zero-order chi connectivity index (χ0) is 12.7. The summed E-state index contributed by atoms with van der Waals surface area (Å²) in [6.45, 7) is 0.613. The molecule has 1 aromatic rings. The van der Waals surface area contributed by atoms with E-state index in [1.165, 1.54) is 0 Å². The van der Waals surface area contributed by atoms with Crippen LogP contribution in [0.5, 0.6) is 0 Å². The molecule has 0 amide bonds. The van der Waals surface area contributed by atoms with Crippen LogP contribution in [0.25, 0.3) is 0 Å². The first-order chi connectivity index (χ1) is 8.13. The third-order valence-electron chi connectivity index (χ3n) is 2.62. The van der Waals surface area contributed by atoms with Gasteiger partial charge in [-0.05, 0) is 37.0 Å². The molecule has 0 bridgehead atoms. The molecule has 0 saturated heterocycles. The number of carboxylic acid groups (broad SMARTS) is 1. The minimum atomic E-state index is -0.735. The Morgan fingerprint density at radius 3 is 2.88 bits per heavy atom. The van der Waals surface area contributed by atoms with Gasteiger partial charge in [0.05, 0.1) is 5.92 Å². The van der Waals surface area contributed by atoms with Crippen LogP contribution in [0.15, 0.2) is 28.7 Å². The van der Waals surface area contributed by atoms with Gasteiger partial charge in [-0.2, -0.15) is 0 Å². The third kappa shape index (κ3) is 5.33. The summed E-state index contributed by atoms with van der Waals surface area (Å²) in [5, 5.41) is 9.15. The normalized spacial score (nSPS) is 12.4. The lowest BCUT2D eigenvalue weighted by Gasteiger charge is -2.12. The fraction of sp³-hybridized carbons (Fsp3) is 0.462. The van der Waals surface area contributed by atoms with Crippen molar-refractivity contribution in [1.82, 2.24) is 0 Å². The highest BCUT2D eigenvalue weighted by atomic mass is 79.9. The maximum absolute atomic E-state index is 11.1. The molecular weight excluding hydrogens is 284 g/mol. The molecule has 0 aromatic heterocycles. The maximum atomic E-state index is 11.1. The van der Waals surface area contributed by atoms with E-state index in [0.717, 1.165) is 16.5 Å². The number of halogens is 1. The van der Waals surface area contributed by atoms with Crippen LogP contribution in [0.1, 0.15) is 18.4 Å². The summed E-state index contributed by atoms with van der Waals surface area (Å²) in [7, 11) is 1.63. The molecular formula is C13H17BrO3. The van der Waals surface area contributed by atoms with Gasteiger partial charge in [0.15, 0.2) is 0 Å². The van der Waals surface area contributed by atoms with E-state index in [4.69, 9.17) is 9.84 Å². The van der Waals surface area contributed by atoms with Crippen LogP contribution in [-0.2, 0) is 16.0 Å². The van der Waals surface area contributed by atoms with Crippen LogP contribution in [-0.4, -0.2) is 24.8 Å². The predicted octanol–water partition coefficient (Wildman–Crippen LogP) is 3.12. The van der Waals surface area contributed by atoms with E-state index in [0.29, 0.717) is 19.4 Å². The molecule has 94 valence electrons. The van der Waals surface area contributed by atoms with Gasteiger partial charge in [0, 0.05) is 18.2 Å². The van der Waals surface area contributed by atoms with Gasteiger partial charge in [0.2, 0.25) is 0 Å². The third-order valence-corrected chi connectivity index (χ3v) is 3.11. The second kappa shape index (κ2) is 7.45. The molecule has 0 spiro atoms. The molecule has 0 radical (unpaired) electrons. The van der Waals surface area contributed by atoms with Crippen molar-refractivity contribution in [1.29, 1.82) is 0 Å². The zero-order valence-corrected chi connectivity index (χ0v) is 11.4. The Labute approximate surface area is 110 Å². The standard InChI is InChI=1S/C13H17BrO3/c1-17-7-3-5-11(13(15)16)8-10-4-2-6-12(14)9-10/h2,4,6,9,11H,3,5,7-8H2,1H3,(H,15,16). The topological polar surface area (TPSA) is 46.5 Å². The van der Waals surface area contributed by atoms with Gasteiger partial charge in [0.1, 0.15) is 0 Å². The first kappa shape index (κ1) is 14.2. The summed E-state index contributed by atoms with van der Waals surface area (Å²) in [4.78, 5) is 11.1. The van der Waals surface area contributed by atoms with E-state index in [1.807, 2.05) is 24.3 Å². The van der Waals surface area contributed by atoms with Crippen LogP contribution in [0.2, 0.25) is 0 Å². The minimum Gasteiger partial charge on any atom is -0.481 e. The van der Waals surface area contributed by atoms with Gasteiger partial charge in [0.25, 0.3) is 0 Å². The second-order valence-electron chi connectivity index (χ2n) is 4.00. The van der Waals surface area contributed by atoms with Crippen LogP contribution in [0.4, 0.5) is 0 Å². The predicted molar refractivity (Wildman–Crippen MR) is 70.1 cm³/mol. The average molecular weight is 301 g/mol. The molecule has 0 aliphatic carbocycles. The Hall–Kier alpha value is -0.870. The number of carbonyl (C=O) groups is 1. The van der Waals surface area contributed by atoms with Crippen molar-refractivity contribution in [3.63, 3.8) is 0 Å². The van der Waals surface area contributed by atoms with Crippen molar-refractivity contribution in [2.75, 3.05) is 13.7 Å². The van der Waals surface area contributed by atoms with Crippen LogP contribution in [0.3, 0.4) is 0 Å². The summed E-state index contributed by atoms with van der Waals surface area (Å²) in [5.74, 6) is -1.07. The number of carboxylic acids is 1. The lowest BCUT2D eigenvalue weighted by Crippen LogP contribution is -2.17. The van der Waals surface area contributed by atoms with E-state index in [2.05, 4.69) is 15.9 Å². The first-order valence-corrected chi connectivity index (χ1v) is 6.39. The molecule has 0 fully saturated rings. The highest BCUT2D eigenvalue weighted by Gasteiger charge is 2.17. The van der Waals surface area contributed by atoms with Crippen molar-refractivity contribution >= 4 is 21.9 Å². The molecule has 0 aliphatic heterocycles. The number of hydrogen-bond donors (Lipinski definition) is 1. The molecule has 1 rings (SSSR count). The molecule has 4 heteroatoms. The lowest BCUT2D eigenvalue weighted by atomic mass is 9.95. The van der Waals surface area contributed by atoms with Crippen molar-refractivity contribution in [3.05, 3.63) is 34.3 Å². The number of benzene rings is 1. The van der Waals surface area contributed by atoms with Crippen LogP contribution < -0.4 is 0 Å². The fourth-order valence-corrected chi connectivity index (χ4v) is 2.18. The molecule has 1 N–H and O–H groups in total. The van der Waals surface area contributed by atoms with Gasteiger partial charge in [-0.25, -0.2) is 0 Å². The van der Waals surface area contributed by atoms with Gasteiger partial charge in [-0.1, -0.05) is 28.1 Å². The molecule has 1 aromatic carbocycles. The second-order valence-corrected chi connectivity index (χ2v) is 4.92. The number of rotatable bonds is 7. The summed E-state index contributed by atoms with van der Waals surface area (Å²) < 4.78 is 5.92. The Balaban J connectivity index is 2.57. The van der Waals surface area contributed by atoms with Gasteiger partial charge < -0.3 is 9.84 Å². The first-order valence-electron chi connectivity index (χ1n) is 5.59. The number of ether oxygens (including phenoxy) is 1. The lowest BCUT2D eigenvalue weighted by molar-refractivity contribution is -0.142.